The lowest BCUT2D eigenvalue weighted by Crippen LogP contribution is -2.36. The third-order valence-corrected chi connectivity index (χ3v) is 4.19. The van der Waals surface area contributed by atoms with Gasteiger partial charge in [-0.15, -0.1) is 0 Å². The molecule has 0 saturated carbocycles. The van der Waals surface area contributed by atoms with E-state index in [1.54, 1.807) is 0 Å². The molecule has 0 spiro atoms. The number of hydrogen-bond donors (Lipinski definition) is 1. The van der Waals surface area contributed by atoms with Crippen LogP contribution in [0.2, 0.25) is 0 Å². The van der Waals surface area contributed by atoms with Crippen LogP contribution in [0.5, 0.6) is 5.75 Å². The molecule has 1 saturated heterocycles. The number of amides is 1. The van der Waals surface area contributed by atoms with Gasteiger partial charge < -0.3 is 19.7 Å². The van der Waals surface area contributed by atoms with Crippen molar-refractivity contribution in [2.75, 3.05) is 43.1 Å². The summed E-state index contributed by atoms with van der Waals surface area (Å²) in [5, 5.41) is 2.93. The molecule has 6 heteroatoms. The second-order valence-electron chi connectivity index (χ2n) is 5.41. The smallest absolute Gasteiger partial charge is 0.262 e. The first kappa shape index (κ1) is 16.8. The van der Waals surface area contributed by atoms with Crippen LogP contribution in [0, 0.1) is 0 Å². The molecule has 0 aromatic heterocycles. The highest BCUT2D eigenvalue weighted by Gasteiger charge is 2.15. The van der Waals surface area contributed by atoms with Gasteiger partial charge in [-0.1, -0.05) is 34.1 Å². The first-order chi connectivity index (χ1) is 11.7. The number of nitrogens with one attached hydrogen (secondary N) is 1. The summed E-state index contributed by atoms with van der Waals surface area (Å²) < 4.78 is 11.8. The molecule has 1 N–H and O–H groups in total. The van der Waals surface area contributed by atoms with Crippen molar-refractivity contribution in [3.05, 3.63) is 53.0 Å². The highest BCUT2D eigenvalue weighted by Crippen LogP contribution is 2.26. The summed E-state index contributed by atoms with van der Waals surface area (Å²) in [5.41, 5.74) is 1.80. The molecule has 0 aliphatic carbocycles. The first-order valence-corrected chi connectivity index (χ1v) is 8.61. The van der Waals surface area contributed by atoms with E-state index in [0.29, 0.717) is 19.0 Å². The molecular weight excluding hydrogens is 372 g/mol. The Morgan fingerprint density at radius 1 is 1.17 bits per heavy atom. The summed E-state index contributed by atoms with van der Waals surface area (Å²) >= 11 is 3.38. The number of anilines is 2. The molecule has 0 radical (unpaired) electrons. The maximum atomic E-state index is 12.2. The average molecular weight is 391 g/mol. The van der Waals surface area contributed by atoms with Crippen molar-refractivity contribution in [1.29, 1.82) is 0 Å². The fourth-order valence-electron chi connectivity index (χ4n) is 2.55. The zero-order valence-corrected chi connectivity index (χ0v) is 14.8. The number of halogens is 1. The van der Waals surface area contributed by atoms with E-state index >= 15 is 0 Å². The molecule has 0 unspecified atom stereocenters. The Labute approximate surface area is 149 Å². The summed E-state index contributed by atoms with van der Waals surface area (Å²) in [6.45, 7) is 3.01. The van der Waals surface area contributed by atoms with Gasteiger partial charge in [-0.2, -0.15) is 0 Å². The Hall–Kier alpha value is -2.05. The fourth-order valence-corrected chi connectivity index (χ4v) is 2.93. The van der Waals surface area contributed by atoms with E-state index in [9.17, 15) is 4.79 Å². The Balaban J connectivity index is 1.62. The molecule has 1 aliphatic heterocycles. The van der Waals surface area contributed by atoms with Crippen LogP contribution in [-0.4, -0.2) is 38.8 Å². The van der Waals surface area contributed by atoms with Gasteiger partial charge >= 0.3 is 0 Å². The molecule has 1 fully saturated rings. The monoisotopic (exact) mass is 390 g/mol. The van der Waals surface area contributed by atoms with Crippen LogP contribution in [0.15, 0.2) is 53.0 Å². The number of nitrogens with zero attached hydrogens (tertiary/aromatic N) is 1. The molecule has 2 aromatic carbocycles. The predicted molar refractivity (Wildman–Crippen MR) is 97.7 cm³/mol. The van der Waals surface area contributed by atoms with Gasteiger partial charge in [0.05, 0.1) is 24.6 Å². The molecule has 1 amide bonds. The van der Waals surface area contributed by atoms with Gasteiger partial charge in [0, 0.05) is 17.6 Å². The summed E-state index contributed by atoms with van der Waals surface area (Å²) in [4.78, 5) is 14.4. The van der Waals surface area contributed by atoms with E-state index in [-0.39, 0.29) is 12.5 Å². The van der Waals surface area contributed by atoms with Crippen molar-refractivity contribution < 1.29 is 14.3 Å². The predicted octanol–water partition coefficient (Wildman–Crippen LogP) is 3.30. The van der Waals surface area contributed by atoms with Gasteiger partial charge in [0.15, 0.2) is 6.61 Å². The number of hydrogen-bond acceptors (Lipinski definition) is 4. The summed E-state index contributed by atoms with van der Waals surface area (Å²) in [7, 11) is 0. The van der Waals surface area contributed by atoms with Gasteiger partial charge in [0.1, 0.15) is 5.75 Å². The lowest BCUT2D eigenvalue weighted by molar-refractivity contribution is -0.118. The van der Waals surface area contributed by atoms with Crippen molar-refractivity contribution >= 4 is 33.2 Å². The van der Waals surface area contributed by atoms with Crippen LogP contribution < -0.4 is 15.0 Å². The van der Waals surface area contributed by atoms with Crippen LogP contribution in [0.4, 0.5) is 11.4 Å². The average Bonchev–Trinajstić information content (AvgIpc) is 2.61. The first-order valence-electron chi connectivity index (χ1n) is 7.82. The van der Waals surface area contributed by atoms with E-state index in [1.807, 2.05) is 48.5 Å². The lowest BCUT2D eigenvalue weighted by atomic mass is 10.2. The molecule has 1 aliphatic rings. The zero-order valence-electron chi connectivity index (χ0n) is 13.2. The number of carbonyl (C=O) groups is 1. The lowest BCUT2D eigenvalue weighted by Gasteiger charge is -2.30. The number of rotatable bonds is 5. The minimum atomic E-state index is -0.185. The molecule has 24 heavy (non-hydrogen) atoms. The van der Waals surface area contributed by atoms with Crippen molar-refractivity contribution in [2.24, 2.45) is 0 Å². The second-order valence-corrected chi connectivity index (χ2v) is 6.33. The van der Waals surface area contributed by atoms with Gasteiger partial charge in [-0.25, -0.2) is 0 Å². The molecule has 0 bridgehead atoms. The molecule has 126 valence electrons. The molecule has 3 rings (SSSR count). The summed E-state index contributed by atoms with van der Waals surface area (Å²) in [6.07, 6.45) is 0. The van der Waals surface area contributed by atoms with E-state index in [0.717, 1.165) is 28.9 Å². The second kappa shape index (κ2) is 8.17. The summed E-state index contributed by atoms with van der Waals surface area (Å²) in [6, 6.07) is 15.2. The van der Waals surface area contributed by atoms with Crippen LogP contribution in [0.3, 0.4) is 0 Å². The van der Waals surface area contributed by atoms with E-state index in [1.165, 1.54) is 0 Å². The van der Waals surface area contributed by atoms with Crippen molar-refractivity contribution in [1.82, 2.24) is 0 Å². The molecule has 2 aromatic rings. The van der Waals surface area contributed by atoms with Crippen LogP contribution in [0.25, 0.3) is 0 Å². The van der Waals surface area contributed by atoms with E-state index in [2.05, 4.69) is 26.1 Å². The number of morpholine rings is 1. The van der Waals surface area contributed by atoms with E-state index < -0.39 is 0 Å². The molecule has 0 atom stereocenters. The standard InChI is InChI=1S/C18H19BrN2O3/c19-14-4-3-5-15(12-14)24-13-18(22)20-16-6-1-2-7-17(16)21-8-10-23-11-9-21/h1-7,12H,8-11,13H2,(H,20,22). The number of carbonyl (C=O) groups excluding carboxylic acids is 1. The van der Waals surface area contributed by atoms with Gasteiger partial charge in [-0.05, 0) is 30.3 Å². The molecular formula is C18H19BrN2O3. The Morgan fingerprint density at radius 3 is 2.75 bits per heavy atom. The Kier molecular flexibility index (Phi) is 5.72. The third-order valence-electron chi connectivity index (χ3n) is 3.70. The van der Waals surface area contributed by atoms with Crippen molar-refractivity contribution in [3.8, 4) is 5.75 Å². The SMILES string of the molecule is O=C(COc1cccc(Br)c1)Nc1ccccc1N1CCOCC1. The topological polar surface area (TPSA) is 50.8 Å². The Bertz CT molecular complexity index is 702. The van der Waals surface area contributed by atoms with Crippen molar-refractivity contribution in [3.63, 3.8) is 0 Å². The minimum Gasteiger partial charge on any atom is -0.484 e. The minimum absolute atomic E-state index is 0.0338. The van der Waals surface area contributed by atoms with Crippen LogP contribution in [0.1, 0.15) is 0 Å². The highest BCUT2D eigenvalue weighted by molar-refractivity contribution is 9.10. The zero-order chi connectivity index (χ0) is 16.8. The number of ether oxygens (including phenoxy) is 2. The Morgan fingerprint density at radius 2 is 1.96 bits per heavy atom. The number of benzene rings is 2. The number of para-hydroxylation sites is 2. The van der Waals surface area contributed by atoms with Crippen LogP contribution in [-0.2, 0) is 9.53 Å². The quantitative estimate of drug-likeness (QED) is 0.850. The van der Waals surface area contributed by atoms with Crippen molar-refractivity contribution in [2.45, 2.75) is 0 Å². The van der Waals surface area contributed by atoms with Gasteiger partial charge in [0.2, 0.25) is 0 Å². The van der Waals surface area contributed by atoms with Gasteiger partial charge in [0.25, 0.3) is 5.91 Å². The van der Waals surface area contributed by atoms with Crippen LogP contribution >= 0.6 is 15.9 Å². The molecule has 1 heterocycles. The van der Waals surface area contributed by atoms with E-state index in [4.69, 9.17) is 9.47 Å². The maximum Gasteiger partial charge on any atom is 0.262 e. The molecule has 5 nitrogen and oxygen atoms in total. The largest absolute Gasteiger partial charge is 0.484 e. The van der Waals surface area contributed by atoms with Gasteiger partial charge in [-0.3, -0.25) is 4.79 Å². The normalized spacial score (nSPS) is 14.3. The maximum absolute atomic E-state index is 12.2. The third kappa shape index (κ3) is 4.49. The fraction of sp³-hybridized carbons (Fsp3) is 0.278. The summed E-state index contributed by atoms with van der Waals surface area (Å²) in [5.74, 6) is 0.469. The highest BCUT2D eigenvalue weighted by atomic mass is 79.9.